The van der Waals surface area contributed by atoms with Crippen molar-refractivity contribution in [3.63, 3.8) is 0 Å². The molecule has 2 aliphatic heterocycles. The van der Waals surface area contributed by atoms with E-state index >= 15 is 4.39 Å². The van der Waals surface area contributed by atoms with Crippen LogP contribution in [0.2, 0.25) is 0 Å². The van der Waals surface area contributed by atoms with Crippen LogP contribution in [0.5, 0.6) is 11.5 Å². The molecule has 1 fully saturated rings. The standard InChI is InChI=1S/C26H22FN3O3/c1-13-7-8-29(11-13)24-21(27)22(28)20-23-26(24)33-19-10-16-6-4-3-5-15(16)9-18(19)30(23)12-17(14(2)31)25(20)32/h3-6,9-10,12-13,31H,2,7-8,11,28H2,1H3. The van der Waals surface area contributed by atoms with Gasteiger partial charge < -0.3 is 25.0 Å². The predicted octanol–water partition coefficient (Wildman–Crippen LogP) is 5.35. The molecule has 3 heterocycles. The maximum atomic E-state index is 15.8. The lowest BCUT2D eigenvalue weighted by molar-refractivity contribution is 0.469. The number of aliphatic hydroxyl groups excluding tert-OH is 1. The Morgan fingerprint density at radius 1 is 1.27 bits per heavy atom. The molecule has 6 rings (SSSR count). The van der Waals surface area contributed by atoms with E-state index in [0.29, 0.717) is 36.0 Å². The molecule has 0 radical (unpaired) electrons. The van der Waals surface area contributed by atoms with Gasteiger partial charge in [-0.25, -0.2) is 4.39 Å². The molecule has 1 aromatic heterocycles. The number of fused-ring (bicyclic) bond motifs is 3. The van der Waals surface area contributed by atoms with Crippen molar-refractivity contribution < 1.29 is 14.2 Å². The summed E-state index contributed by atoms with van der Waals surface area (Å²) < 4.78 is 23.9. The number of hydrogen-bond acceptors (Lipinski definition) is 5. The van der Waals surface area contributed by atoms with Gasteiger partial charge >= 0.3 is 0 Å². The van der Waals surface area contributed by atoms with Crippen LogP contribution in [0.4, 0.5) is 15.8 Å². The average molecular weight is 443 g/mol. The highest BCUT2D eigenvalue weighted by atomic mass is 19.1. The van der Waals surface area contributed by atoms with E-state index in [1.165, 1.54) is 6.20 Å². The first-order chi connectivity index (χ1) is 15.8. The van der Waals surface area contributed by atoms with Crippen LogP contribution in [0.1, 0.15) is 18.9 Å². The van der Waals surface area contributed by atoms with Crippen LogP contribution >= 0.6 is 0 Å². The highest BCUT2D eigenvalue weighted by Crippen LogP contribution is 2.50. The Labute approximate surface area is 188 Å². The second kappa shape index (κ2) is 6.75. The van der Waals surface area contributed by atoms with Crippen LogP contribution in [-0.4, -0.2) is 22.8 Å². The van der Waals surface area contributed by atoms with E-state index in [1.54, 1.807) is 4.57 Å². The monoisotopic (exact) mass is 443 g/mol. The van der Waals surface area contributed by atoms with E-state index < -0.39 is 17.0 Å². The number of nitrogens with two attached hydrogens (primary N) is 1. The Morgan fingerprint density at radius 2 is 2.00 bits per heavy atom. The van der Waals surface area contributed by atoms with Gasteiger partial charge in [-0.15, -0.1) is 0 Å². The first-order valence-electron chi connectivity index (χ1n) is 10.9. The molecule has 1 unspecified atom stereocenters. The SMILES string of the molecule is C=C(O)c1cn2c3c(c(N4CCC(C)C4)c(F)c(N)c3c1=O)Oc1cc3ccccc3cc1-2. The van der Waals surface area contributed by atoms with Crippen molar-refractivity contribution in [2.24, 2.45) is 5.92 Å². The number of ether oxygens (including phenoxy) is 1. The van der Waals surface area contributed by atoms with Crippen molar-refractivity contribution in [1.29, 1.82) is 0 Å². The van der Waals surface area contributed by atoms with Gasteiger partial charge in [0, 0.05) is 19.3 Å². The molecule has 6 nitrogen and oxygen atoms in total. The number of aliphatic hydroxyl groups is 1. The first kappa shape index (κ1) is 19.7. The number of nitrogen functional groups attached to an aromatic ring is 1. The second-order valence-corrected chi connectivity index (χ2v) is 8.93. The van der Waals surface area contributed by atoms with E-state index in [9.17, 15) is 9.90 Å². The predicted molar refractivity (Wildman–Crippen MR) is 129 cm³/mol. The summed E-state index contributed by atoms with van der Waals surface area (Å²) >= 11 is 0. The molecule has 4 aromatic rings. The molecular formula is C26H22FN3O3. The largest absolute Gasteiger partial charge is 0.508 e. The molecule has 3 aromatic carbocycles. The van der Waals surface area contributed by atoms with Crippen LogP contribution in [0, 0.1) is 11.7 Å². The minimum Gasteiger partial charge on any atom is -0.508 e. The lowest BCUT2D eigenvalue weighted by Crippen LogP contribution is -2.25. The number of pyridine rings is 1. The molecule has 0 spiro atoms. The molecule has 0 bridgehead atoms. The quantitative estimate of drug-likeness (QED) is 0.284. The number of nitrogens with zero attached hydrogens (tertiary/aromatic N) is 2. The number of anilines is 2. The van der Waals surface area contributed by atoms with Gasteiger partial charge in [0.1, 0.15) is 17.0 Å². The van der Waals surface area contributed by atoms with Crippen LogP contribution in [0.3, 0.4) is 0 Å². The highest BCUT2D eigenvalue weighted by molar-refractivity contribution is 6.03. The van der Waals surface area contributed by atoms with Crippen molar-refractivity contribution in [3.05, 3.63) is 70.8 Å². The van der Waals surface area contributed by atoms with E-state index in [4.69, 9.17) is 10.5 Å². The topological polar surface area (TPSA) is 80.7 Å². The first-order valence-corrected chi connectivity index (χ1v) is 10.9. The highest BCUT2D eigenvalue weighted by Gasteiger charge is 2.34. The van der Waals surface area contributed by atoms with Gasteiger partial charge in [0.2, 0.25) is 5.43 Å². The van der Waals surface area contributed by atoms with Gasteiger partial charge in [0.15, 0.2) is 17.3 Å². The lowest BCUT2D eigenvalue weighted by Gasteiger charge is -2.30. The van der Waals surface area contributed by atoms with Crippen LogP contribution < -0.4 is 20.8 Å². The third-order valence-electron chi connectivity index (χ3n) is 6.70. The molecule has 1 atom stereocenters. The number of rotatable bonds is 2. The molecule has 3 N–H and O–H groups in total. The van der Waals surface area contributed by atoms with Gasteiger partial charge in [-0.05, 0) is 35.2 Å². The zero-order valence-corrected chi connectivity index (χ0v) is 18.1. The van der Waals surface area contributed by atoms with Crippen molar-refractivity contribution >= 4 is 38.8 Å². The number of aromatic nitrogens is 1. The second-order valence-electron chi connectivity index (χ2n) is 8.93. The number of halogens is 1. The molecule has 0 amide bonds. The minimum atomic E-state index is -0.680. The summed E-state index contributed by atoms with van der Waals surface area (Å²) in [6, 6.07) is 11.7. The maximum absolute atomic E-state index is 15.8. The number of hydrogen-bond donors (Lipinski definition) is 2. The average Bonchev–Trinajstić information content (AvgIpc) is 3.22. The van der Waals surface area contributed by atoms with Crippen molar-refractivity contribution in [2.75, 3.05) is 23.7 Å². The van der Waals surface area contributed by atoms with Crippen LogP contribution in [0.15, 0.2) is 54.0 Å². The smallest absolute Gasteiger partial charge is 0.202 e. The fourth-order valence-corrected chi connectivity index (χ4v) is 5.04. The Balaban J connectivity index is 1.79. The maximum Gasteiger partial charge on any atom is 0.202 e. The molecule has 166 valence electrons. The summed E-state index contributed by atoms with van der Waals surface area (Å²) in [4.78, 5) is 15.2. The van der Waals surface area contributed by atoms with Gasteiger partial charge in [-0.1, -0.05) is 37.8 Å². The normalized spacial score (nSPS) is 16.8. The minimum absolute atomic E-state index is 0.0231. The Morgan fingerprint density at radius 3 is 2.67 bits per heavy atom. The van der Waals surface area contributed by atoms with Gasteiger partial charge in [0.05, 0.1) is 22.3 Å². The molecule has 33 heavy (non-hydrogen) atoms. The molecule has 2 aliphatic rings. The molecular weight excluding hydrogens is 421 g/mol. The fraction of sp³-hybridized carbons (Fsp3) is 0.192. The van der Waals surface area contributed by atoms with Crippen molar-refractivity contribution in [3.8, 4) is 17.2 Å². The summed E-state index contributed by atoms with van der Waals surface area (Å²) in [5.41, 5.74) is 6.69. The number of benzene rings is 3. The summed E-state index contributed by atoms with van der Waals surface area (Å²) in [6.45, 7) is 6.97. The molecule has 7 heteroatoms. The van der Waals surface area contributed by atoms with Crippen LogP contribution in [0.25, 0.3) is 33.1 Å². The molecule has 0 saturated carbocycles. The Bertz CT molecular complexity index is 1570. The Hall–Kier alpha value is -4.00. The van der Waals surface area contributed by atoms with E-state index in [2.05, 4.69) is 13.5 Å². The summed E-state index contributed by atoms with van der Waals surface area (Å²) in [6.07, 6.45) is 2.45. The fourth-order valence-electron chi connectivity index (χ4n) is 5.04. The van der Waals surface area contributed by atoms with E-state index in [1.807, 2.05) is 41.3 Å². The van der Waals surface area contributed by atoms with Gasteiger partial charge in [-0.2, -0.15) is 0 Å². The molecule has 1 saturated heterocycles. The van der Waals surface area contributed by atoms with Crippen LogP contribution in [-0.2, 0) is 0 Å². The zero-order chi connectivity index (χ0) is 23.0. The van der Waals surface area contributed by atoms with E-state index in [0.717, 1.165) is 17.2 Å². The van der Waals surface area contributed by atoms with Gasteiger partial charge in [0.25, 0.3) is 0 Å². The molecule has 0 aliphatic carbocycles. The lowest BCUT2D eigenvalue weighted by atomic mass is 10.0. The summed E-state index contributed by atoms with van der Waals surface area (Å²) in [5.74, 6) is 0.105. The van der Waals surface area contributed by atoms with Gasteiger partial charge in [-0.3, -0.25) is 4.79 Å². The third kappa shape index (κ3) is 2.68. The summed E-state index contributed by atoms with van der Waals surface area (Å²) in [5, 5.41) is 12.0. The third-order valence-corrected chi connectivity index (χ3v) is 6.70. The van der Waals surface area contributed by atoms with E-state index in [-0.39, 0.29) is 28.1 Å². The van der Waals surface area contributed by atoms with Crippen molar-refractivity contribution in [2.45, 2.75) is 13.3 Å². The summed E-state index contributed by atoms with van der Waals surface area (Å²) in [7, 11) is 0. The Kier molecular flexibility index (Phi) is 4.02. The van der Waals surface area contributed by atoms with Crippen molar-refractivity contribution in [1.82, 2.24) is 4.57 Å². The zero-order valence-electron chi connectivity index (χ0n) is 18.1.